The molecule has 2 rings (SSSR count). The van der Waals surface area contributed by atoms with Crippen LogP contribution < -0.4 is 0 Å². The Bertz CT molecular complexity index is 225. The lowest BCUT2D eigenvalue weighted by atomic mass is 9.71. The summed E-state index contributed by atoms with van der Waals surface area (Å²) in [5.41, 5.74) is -0.229. The molecule has 2 aliphatic carbocycles. The lowest BCUT2D eigenvalue weighted by molar-refractivity contribution is -0.140. The van der Waals surface area contributed by atoms with Crippen molar-refractivity contribution in [1.82, 2.24) is 0 Å². The summed E-state index contributed by atoms with van der Waals surface area (Å²) in [6.07, 6.45) is 9.27. The standard InChI is InChI=1S/C14H26O2/c1-11-5-4-8-14(10-11,16-2)13(15)9-12-6-3-7-12/h11-13,15H,3-10H2,1-2H3. The number of hydrogen-bond acceptors (Lipinski definition) is 2. The Morgan fingerprint density at radius 3 is 2.56 bits per heavy atom. The van der Waals surface area contributed by atoms with Gasteiger partial charge in [-0.05, 0) is 31.1 Å². The molecule has 0 spiro atoms. The third-order valence-electron chi connectivity index (χ3n) is 4.79. The Balaban J connectivity index is 1.95. The molecule has 0 amide bonds. The monoisotopic (exact) mass is 226 g/mol. The Hall–Kier alpha value is -0.0800. The van der Waals surface area contributed by atoms with Crippen LogP contribution in [-0.4, -0.2) is 23.9 Å². The summed E-state index contributed by atoms with van der Waals surface area (Å²) in [6.45, 7) is 2.28. The molecule has 0 aromatic heterocycles. The molecule has 2 heteroatoms. The predicted octanol–water partition coefficient (Wildman–Crippen LogP) is 3.13. The Kier molecular flexibility index (Phi) is 3.91. The van der Waals surface area contributed by atoms with Crippen LogP contribution in [0.2, 0.25) is 0 Å². The van der Waals surface area contributed by atoms with Crippen LogP contribution in [0.3, 0.4) is 0 Å². The number of hydrogen-bond donors (Lipinski definition) is 1. The number of ether oxygens (including phenoxy) is 1. The molecule has 2 fully saturated rings. The summed E-state index contributed by atoms with van der Waals surface area (Å²) >= 11 is 0. The van der Waals surface area contributed by atoms with Gasteiger partial charge in [-0.25, -0.2) is 0 Å². The van der Waals surface area contributed by atoms with Gasteiger partial charge in [0.25, 0.3) is 0 Å². The minimum Gasteiger partial charge on any atom is -0.390 e. The summed E-state index contributed by atoms with van der Waals surface area (Å²) in [6, 6.07) is 0. The van der Waals surface area contributed by atoms with E-state index in [0.717, 1.165) is 25.2 Å². The van der Waals surface area contributed by atoms with Gasteiger partial charge in [-0.2, -0.15) is 0 Å². The van der Waals surface area contributed by atoms with Gasteiger partial charge in [-0.1, -0.05) is 39.0 Å². The highest BCUT2D eigenvalue weighted by Crippen LogP contribution is 2.41. The van der Waals surface area contributed by atoms with Gasteiger partial charge in [0.05, 0.1) is 11.7 Å². The highest BCUT2D eigenvalue weighted by molar-refractivity contribution is 4.94. The fraction of sp³-hybridized carbons (Fsp3) is 1.00. The van der Waals surface area contributed by atoms with Crippen molar-refractivity contribution in [2.24, 2.45) is 11.8 Å². The average molecular weight is 226 g/mol. The van der Waals surface area contributed by atoms with Crippen molar-refractivity contribution in [3.8, 4) is 0 Å². The quantitative estimate of drug-likeness (QED) is 0.798. The van der Waals surface area contributed by atoms with Crippen molar-refractivity contribution in [3.05, 3.63) is 0 Å². The molecule has 16 heavy (non-hydrogen) atoms. The number of methoxy groups -OCH3 is 1. The minimum absolute atomic E-state index is 0.229. The van der Waals surface area contributed by atoms with Gasteiger partial charge in [0.15, 0.2) is 0 Å². The van der Waals surface area contributed by atoms with Crippen molar-refractivity contribution >= 4 is 0 Å². The molecule has 0 aromatic rings. The summed E-state index contributed by atoms with van der Waals surface area (Å²) in [5, 5.41) is 10.5. The highest BCUT2D eigenvalue weighted by atomic mass is 16.5. The second-order valence-corrected chi connectivity index (χ2v) is 6.02. The van der Waals surface area contributed by atoms with E-state index in [0.29, 0.717) is 5.92 Å². The van der Waals surface area contributed by atoms with Crippen LogP contribution in [0, 0.1) is 11.8 Å². The van der Waals surface area contributed by atoms with Gasteiger partial charge >= 0.3 is 0 Å². The van der Waals surface area contributed by atoms with Crippen LogP contribution in [0.5, 0.6) is 0 Å². The number of aliphatic hydroxyl groups excluding tert-OH is 1. The van der Waals surface area contributed by atoms with Crippen molar-refractivity contribution in [2.45, 2.75) is 70.0 Å². The van der Waals surface area contributed by atoms with Crippen LogP contribution in [0.1, 0.15) is 58.3 Å². The summed E-state index contributed by atoms with van der Waals surface area (Å²) in [7, 11) is 1.78. The maximum absolute atomic E-state index is 10.5. The lowest BCUT2D eigenvalue weighted by Gasteiger charge is -2.44. The maximum Gasteiger partial charge on any atom is 0.0939 e. The highest BCUT2D eigenvalue weighted by Gasteiger charge is 2.42. The molecule has 2 aliphatic rings. The molecule has 0 heterocycles. The normalized spacial score (nSPS) is 38.1. The predicted molar refractivity (Wildman–Crippen MR) is 65.3 cm³/mol. The number of aliphatic hydroxyl groups is 1. The van der Waals surface area contributed by atoms with Crippen LogP contribution >= 0.6 is 0 Å². The first-order valence-corrected chi connectivity index (χ1v) is 6.89. The molecule has 94 valence electrons. The van der Waals surface area contributed by atoms with E-state index < -0.39 is 0 Å². The average Bonchev–Trinajstić information content (AvgIpc) is 2.23. The van der Waals surface area contributed by atoms with Crippen LogP contribution in [0.25, 0.3) is 0 Å². The number of rotatable bonds is 4. The molecule has 1 N–H and O–H groups in total. The van der Waals surface area contributed by atoms with Crippen LogP contribution in [0.15, 0.2) is 0 Å². The maximum atomic E-state index is 10.5. The zero-order valence-electron chi connectivity index (χ0n) is 10.7. The van der Waals surface area contributed by atoms with E-state index in [4.69, 9.17) is 4.74 Å². The molecule has 0 aliphatic heterocycles. The molecular weight excluding hydrogens is 200 g/mol. The van der Waals surface area contributed by atoms with Crippen LogP contribution in [0.4, 0.5) is 0 Å². The molecular formula is C14H26O2. The fourth-order valence-electron chi connectivity index (χ4n) is 3.43. The van der Waals surface area contributed by atoms with Crippen molar-refractivity contribution in [1.29, 1.82) is 0 Å². The fourth-order valence-corrected chi connectivity index (χ4v) is 3.43. The summed E-state index contributed by atoms with van der Waals surface area (Å²) in [4.78, 5) is 0. The van der Waals surface area contributed by atoms with Crippen molar-refractivity contribution < 1.29 is 9.84 Å². The molecule has 2 nitrogen and oxygen atoms in total. The first kappa shape index (κ1) is 12.4. The molecule has 3 unspecified atom stereocenters. The zero-order valence-corrected chi connectivity index (χ0v) is 10.7. The van der Waals surface area contributed by atoms with E-state index in [-0.39, 0.29) is 11.7 Å². The smallest absolute Gasteiger partial charge is 0.0939 e. The Labute approximate surface area is 99.4 Å². The molecule has 0 aromatic carbocycles. The zero-order chi connectivity index (χ0) is 11.6. The van der Waals surface area contributed by atoms with Gasteiger partial charge in [-0.3, -0.25) is 0 Å². The molecule has 2 saturated carbocycles. The van der Waals surface area contributed by atoms with E-state index in [1.807, 2.05) is 0 Å². The second-order valence-electron chi connectivity index (χ2n) is 6.02. The topological polar surface area (TPSA) is 29.5 Å². The molecule has 0 radical (unpaired) electrons. The van der Waals surface area contributed by atoms with Crippen molar-refractivity contribution in [2.75, 3.05) is 7.11 Å². The minimum atomic E-state index is -0.245. The van der Waals surface area contributed by atoms with E-state index in [2.05, 4.69) is 6.92 Å². The van der Waals surface area contributed by atoms with Gasteiger partial charge in [0.2, 0.25) is 0 Å². The van der Waals surface area contributed by atoms with Gasteiger partial charge in [0, 0.05) is 7.11 Å². The first-order valence-electron chi connectivity index (χ1n) is 6.89. The second kappa shape index (κ2) is 5.05. The van der Waals surface area contributed by atoms with E-state index in [9.17, 15) is 5.11 Å². The first-order chi connectivity index (χ1) is 7.66. The van der Waals surface area contributed by atoms with E-state index in [1.54, 1.807) is 7.11 Å². The summed E-state index contributed by atoms with van der Waals surface area (Å²) in [5.74, 6) is 1.46. The van der Waals surface area contributed by atoms with Gasteiger partial charge in [0.1, 0.15) is 0 Å². The van der Waals surface area contributed by atoms with Crippen molar-refractivity contribution in [3.63, 3.8) is 0 Å². The SMILES string of the molecule is COC1(C(O)CC2CCC2)CCCC(C)C1. The van der Waals surface area contributed by atoms with E-state index >= 15 is 0 Å². The molecule has 0 bridgehead atoms. The van der Waals surface area contributed by atoms with Crippen LogP contribution in [-0.2, 0) is 4.74 Å². The lowest BCUT2D eigenvalue weighted by Crippen LogP contribution is -2.48. The third-order valence-corrected chi connectivity index (χ3v) is 4.79. The summed E-state index contributed by atoms with van der Waals surface area (Å²) < 4.78 is 5.73. The third kappa shape index (κ3) is 2.43. The Morgan fingerprint density at radius 2 is 2.06 bits per heavy atom. The molecule has 3 atom stereocenters. The van der Waals surface area contributed by atoms with Gasteiger partial charge < -0.3 is 9.84 Å². The van der Waals surface area contributed by atoms with E-state index in [1.165, 1.54) is 32.1 Å². The Morgan fingerprint density at radius 1 is 1.31 bits per heavy atom. The van der Waals surface area contributed by atoms with Gasteiger partial charge in [-0.15, -0.1) is 0 Å². The molecule has 0 saturated heterocycles. The largest absolute Gasteiger partial charge is 0.390 e.